The maximum atomic E-state index is 12.3. The van der Waals surface area contributed by atoms with Crippen LogP contribution in [0.1, 0.15) is 29.6 Å². The molecule has 2 bridgehead atoms. The van der Waals surface area contributed by atoms with Crippen LogP contribution in [0.2, 0.25) is 5.02 Å². The van der Waals surface area contributed by atoms with Gasteiger partial charge in [-0.15, -0.1) is 0 Å². The molecular formula is C16H16ClN2O4-. The Morgan fingerprint density at radius 2 is 1.61 bits per heavy atom. The van der Waals surface area contributed by atoms with E-state index >= 15 is 0 Å². The third kappa shape index (κ3) is 3.03. The predicted octanol–water partition coefficient (Wildman–Crippen LogP) is 0.513. The number of hydrazine groups is 1. The van der Waals surface area contributed by atoms with Crippen LogP contribution in [-0.2, 0) is 9.59 Å². The van der Waals surface area contributed by atoms with Crippen LogP contribution in [-0.4, -0.2) is 17.8 Å². The second-order valence-electron chi connectivity index (χ2n) is 6.15. The maximum absolute atomic E-state index is 12.3. The van der Waals surface area contributed by atoms with Gasteiger partial charge in [-0.05, 0) is 55.4 Å². The van der Waals surface area contributed by atoms with E-state index in [9.17, 15) is 19.5 Å². The summed E-state index contributed by atoms with van der Waals surface area (Å²) in [6.45, 7) is 0. The van der Waals surface area contributed by atoms with Crippen LogP contribution in [0.25, 0.3) is 0 Å². The van der Waals surface area contributed by atoms with Crippen molar-refractivity contribution in [3.8, 4) is 0 Å². The average molecular weight is 336 g/mol. The molecule has 0 heterocycles. The molecule has 2 amide bonds. The molecule has 0 saturated heterocycles. The number of amides is 2. The largest absolute Gasteiger partial charge is 0.550 e. The van der Waals surface area contributed by atoms with Gasteiger partial charge in [0, 0.05) is 22.5 Å². The Bertz CT molecular complexity index is 646. The quantitative estimate of drug-likeness (QED) is 0.786. The van der Waals surface area contributed by atoms with E-state index in [1.54, 1.807) is 12.1 Å². The minimum atomic E-state index is -1.18. The van der Waals surface area contributed by atoms with Crippen molar-refractivity contribution >= 4 is 29.4 Å². The summed E-state index contributed by atoms with van der Waals surface area (Å²) in [7, 11) is 0. The van der Waals surface area contributed by atoms with E-state index in [1.807, 2.05) is 0 Å². The van der Waals surface area contributed by atoms with Crippen molar-refractivity contribution in [1.82, 2.24) is 10.9 Å². The molecule has 6 nitrogen and oxygen atoms in total. The Morgan fingerprint density at radius 3 is 2.22 bits per heavy atom. The van der Waals surface area contributed by atoms with Crippen LogP contribution < -0.4 is 16.0 Å². The molecule has 23 heavy (non-hydrogen) atoms. The van der Waals surface area contributed by atoms with E-state index < -0.39 is 29.6 Å². The standard InChI is InChI=1S/C16H17ClN2O4/c17-11-5-3-8(4-6-11)14(20)18-19-15(21)12-9-1-2-10(7-9)13(12)16(22)23/h3-6,9-10,12-13H,1-2,7H2,(H,18,20)(H,19,21)(H,22,23)/p-1/t9-,10+,12+,13+/m1/s1. The van der Waals surface area contributed by atoms with Gasteiger partial charge in [-0.2, -0.15) is 0 Å². The number of halogens is 1. The number of hydrogen-bond acceptors (Lipinski definition) is 4. The minimum Gasteiger partial charge on any atom is -0.550 e. The Morgan fingerprint density at radius 1 is 1.00 bits per heavy atom. The van der Waals surface area contributed by atoms with Crippen molar-refractivity contribution < 1.29 is 19.5 Å². The fourth-order valence-corrected chi connectivity index (χ4v) is 4.01. The second kappa shape index (κ2) is 6.20. The molecule has 122 valence electrons. The number of carbonyl (C=O) groups is 3. The number of rotatable bonds is 3. The summed E-state index contributed by atoms with van der Waals surface area (Å²) in [5.41, 5.74) is 5.01. The van der Waals surface area contributed by atoms with Crippen LogP contribution >= 0.6 is 11.6 Å². The highest BCUT2D eigenvalue weighted by atomic mass is 35.5. The third-order valence-corrected chi connectivity index (χ3v) is 5.15. The lowest BCUT2D eigenvalue weighted by Gasteiger charge is -2.30. The number of carboxylic acid groups (broad SMARTS) is 1. The van der Waals surface area contributed by atoms with Gasteiger partial charge in [0.25, 0.3) is 5.91 Å². The minimum absolute atomic E-state index is 0.00715. The van der Waals surface area contributed by atoms with Crippen LogP contribution in [0, 0.1) is 23.7 Å². The highest BCUT2D eigenvalue weighted by Gasteiger charge is 2.51. The van der Waals surface area contributed by atoms with E-state index in [1.165, 1.54) is 12.1 Å². The van der Waals surface area contributed by atoms with Crippen molar-refractivity contribution in [3.63, 3.8) is 0 Å². The molecule has 2 aliphatic rings. The predicted molar refractivity (Wildman–Crippen MR) is 79.9 cm³/mol. The van der Waals surface area contributed by atoms with Crippen molar-refractivity contribution in [3.05, 3.63) is 34.9 Å². The van der Waals surface area contributed by atoms with E-state index in [0.29, 0.717) is 10.6 Å². The maximum Gasteiger partial charge on any atom is 0.269 e. The molecule has 2 fully saturated rings. The van der Waals surface area contributed by atoms with Gasteiger partial charge in [0.2, 0.25) is 5.91 Å². The highest BCUT2D eigenvalue weighted by molar-refractivity contribution is 6.30. The Hall–Kier alpha value is -2.08. The lowest BCUT2D eigenvalue weighted by Crippen LogP contribution is -2.50. The molecule has 1 aromatic rings. The summed E-state index contributed by atoms with van der Waals surface area (Å²) in [5.74, 6) is -3.47. The smallest absolute Gasteiger partial charge is 0.269 e. The number of carboxylic acids is 1. The Kier molecular flexibility index (Phi) is 4.26. The van der Waals surface area contributed by atoms with Crippen molar-refractivity contribution in [2.24, 2.45) is 23.7 Å². The first kappa shape index (κ1) is 15.8. The number of aliphatic carboxylic acids is 1. The average Bonchev–Trinajstić information content (AvgIpc) is 3.13. The summed E-state index contributed by atoms with van der Waals surface area (Å²) >= 11 is 5.75. The molecule has 2 N–H and O–H groups in total. The molecule has 2 saturated carbocycles. The first-order valence-corrected chi connectivity index (χ1v) is 7.92. The van der Waals surface area contributed by atoms with Crippen LogP contribution in [0.5, 0.6) is 0 Å². The number of carbonyl (C=O) groups excluding carboxylic acids is 3. The lowest BCUT2D eigenvalue weighted by atomic mass is 9.79. The summed E-state index contributed by atoms with van der Waals surface area (Å²) in [6.07, 6.45) is 2.41. The van der Waals surface area contributed by atoms with E-state index in [0.717, 1.165) is 19.3 Å². The van der Waals surface area contributed by atoms with Gasteiger partial charge in [-0.1, -0.05) is 11.6 Å². The summed E-state index contributed by atoms with van der Waals surface area (Å²) < 4.78 is 0. The molecule has 0 spiro atoms. The van der Waals surface area contributed by atoms with Gasteiger partial charge >= 0.3 is 0 Å². The van der Waals surface area contributed by atoms with Gasteiger partial charge in [-0.25, -0.2) is 0 Å². The second-order valence-corrected chi connectivity index (χ2v) is 6.59. The summed E-state index contributed by atoms with van der Waals surface area (Å²) in [6, 6.07) is 6.21. The molecule has 0 radical (unpaired) electrons. The van der Waals surface area contributed by atoms with Gasteiger partial charge in [0.15, 0.2) is 0 Å². The van der Waals surface area contributed by atoms with Gasteiger partial charge < -0.3 is 9.90 Å². The first-order chi connectivity index (χ1) is 11.0. The molecule has 0 unspecified atom stereocenters. The zero-order valence-electron chi connectivity index (χ0n) is 12.3. The first-order valence-electron chi connectivity index (χ1n) is 7.54. The Balaban J connectivity index is 1.62. The molecule has 3 rings (SSSR count). The lowest BCUT2D eigenvalue weighted by molar-refractivity contribution is -0.314. The van der Waals surface area contributed by atoms with E-state index in [2.05, 4.69) is 10.9 Å². The summed E-state index contributed by atoms with van der Waals surface area (Å²) in [5, 5.41) is 11.8. The summed E-state index contributed by atoms with van der Waals surface area (Å²) in [4.78, 5) is 35.6. The number of fused-ring (bicyclic) bond motifs is 2. The van der Waals surface area contributed by atoms with Gasteiger partial charge in [0.05, 0.1) is 5.92 Å². The number of benzene rings is 1. The van der Waals surface area contributed by atoms with E-state index in [-0.39, 0.29) is 11.8 Å². The topological polar surface area (TPSA) is 98.3 Å². The molecule has 1 aromatic carbocycles. The van der Waals surface area contributed by atoms with Gasteiger partial charge in [-0.3, -0.25) is 20.4 Å². The number of hydrogen-bond donors (Lipinski definition) is 2. The normalized spacial score (nSPS) is 28.4. The van der Waals surface area contributed by atoms with Crippen LogP contribution in [0.4, 0.5) is 0 Å². The van der Waals surface area contributed by atoms with Crippen molar-refractivity contribution in [2.45, 2.75) is 19.3 Å². The van der Waals surface area contributed by atoms with Gasteiger partial charge in [0.1, 0.15) is 0 Å². The van der Waals surface area contributed by atoms with Crippen LogP contribution in [0.3, 0.4) is 0 Å². The Labute approximate surface area is 138 Å². The zero-order chi connectivity index (χ0) is 16.6. The highest BCUT2D eigenvalue weighted by Crippen LogP contribution is 2.52. The molecule has 0 aliphatic heterocycles. The zero-order valence-corrected chi connectivity index (χ0v) is 13.0. The fraction of sp³-hybridized carbons (Fsp3) is 0.438. The monoisotopic (exact) mass is 335 g/mol. The molecule has 2 aliphatic carbocycles. The molecule has 4 atom stereocenters. The number of nitrogens with one attached hydrogen (secondary N) is 2. The molecular weight excluding hydrogens is 320 g/mol. The van der Waals surface area contributed by atoms with Crippen molar-refractivity contribution in [1.29, 1.82) is 0 Å². The van der Waals surface area contributed by atoms with Crippen LogP contribution in [0.15, 0.2) is 24.3 Å². The molecule has 7 heteroatoms. The fourth-order valence-electron chi connectivity index (χ4n) is 3.88. The molecule has 0 aromatic heterocycles. The SMILES string of the molecule is O=C(NNC(=O)[C@H]1[C@@H]2CC[C@@H](C2)[C@@H]1C(=O)[O-])c1ccc(Cl)cc1. The van der Waals surface area contributed by atoms with E-state index in [4.69, 9.17) is 11.6 Å². The van der Waals surface area contributed by atoms with Crippen molar-refractivity contribution in [2.75, 3.05) is 0 Å². The third-order valence-electron chi connectivity index (χ3n) is 4.90.